The van der Waals surface area contributed by atoms with Gasteiger partial charge in [0.05, 0.1) is 6.10 Å². The fourth-order valence-corrected chi connectivity index (χ4v) is 2.97. The molecule has 0 fully saturated rings. The average molecular weight is 222 g/mol. The van der Waals surface area contributed by atoms with Crippen LogP contribution in [0.25, 0.3) is 0 Å². The summed E-state index contributed by atoms with van der Waals surface area (Å²) in [5.74, 6) is 1.85. The van der Waals surface area contributed by atoms with E-state index in [1.165, 1.54) is 0 Å². The molecule has 0 saturated heterocycles. The Morgan fingerprint density at radius 3 is 2.81 bits per heavy atom. The number of ether oxygens (including phenoxy) is 1. The van der Waals surface area contributed by atoms with Gasteiger partial charge in [0.2, 0.25) is 0 Å². The molecule has 0 aromatic carbocycles. The Hall–Kier alpha value is -0.790. The van der Waals surface area contributed by atoms with Gasteiger partial charge in [-0.25, -0.2) is 0 Å². The largest absolute Gasteiger partial charge is 0.494 e. The topological polar surface area (TPSA) is 26.3 Å². The number of carbonyl (C=O) groups excluding carboxylic acids is 1. The fourth-order valence-electron chi connectivity index (χ4n) is 2.97. The molecule has 1 heterocycles. The summed E-state index contributed by atoms with van der Waals surface area (Å²) in [7, 11) is 0. The molecule has 0 spiro atoms. The first-order valence-corrected chi connectivity index (χ1v) is 6.69. The molecule has 0 saturated carbocycles. The minimum Gasteiger partial charge on any atom is -0.494 e. The van der Waals surface area contributed by atoms with E-state index in [2.05, 4.69) is 13.8 Å². The maximum Gasteiger partial charge on any atom is 0.162 e. The van der Waals surface area contributed by atoms with Gasteiger partial charge < -0.3 is 4.74 Å². The van der Waals surface area contributed by atoms with Crippen LogP contribution in [0.5, 0.6) is 0 Å². The lowest BCUT2D eigenvalue weighted by Crippen LogP contribution is -2.31. The van der Waals surface area contributed by atoms with E-state index in [1.807, 2.05) is 0 Å². The average Bonchev–Trinajstić information content (AvgIpc) is 2.28. The van der Waals surface area contributed by atoms with Gasteiger partial charge >= 0.3 is 0 Å². The molecule has 0 radical (unpaired) electrons. The predicted octanol–water partition coefficient (Wildman–Crippen LogP) is 3.61. The second-order valence-electron chi connectivity index (χ2n) is 4.98. The Morgan fingerprint density at radius 1 is 1.31 bits per heavy atom. The summed E-state index contributed by atoms with van der Waals surface area (Å²) in [4.78, 5) is 11.9. The van der Waals surface area contributed by atoms with E-state index in [9.17, 15) is 4.79 Å². The van der Waals surface area contributed by atoms with Crippen molar-refractivity contribution in [2.75, 3.05) is 0 Å². The Labute approximate surface area is 98.1 Å². The van der Waals surface area contributed by atoms with Crippen molar-refractivity contribution in [3.8, 4) is 0 Å². The van der Waals surface area contributed by atoms with Crippen molar-refractivity contribution in [3.63, 3.8) is 0 Å². The molecule has 0 bridgehead atoms. The van der Waals surface area contributed by atoms with Crippen LogP contribution >= 0.6 is 0 Å². The summed E-state index contributed by atoms with van der Waals surface area (Å²) in [6, 6.07) is 0. The zero-order valence-corrected chi connectivity index (χ0v) is 10.4. The third-order valence-electron chi connectivity index (χ3n) is 3.78. The van der Waals surface area contributed by atoms with Crippen LogP contribution in [0.3, 0.4) is 0 Å². The SMILES string of the molecule is CCCC1CC(CC)C2=C(CCCC2=O)O1. The summed E-state index contributed by atoms with van der Waals surface area (Å²) in [5.41, 5.74) is 1.04. The predicted molar refractivity (Wildman–Crippen MR) is 64.1 cm³/mol. The van der Waals surface area contributed by atoms with Crippen LogP contribution in [0.15, 0.2) is 11.3 Å². The molecule has 16 heavy (non-hydrogen) atoms. The highest BCUT2D eigenvalue weighted by molar-refractivity contribution is 5.97. The molecule has 0 amide bonds. The van der Waals surface area contributed by atoms with Crippen molar-refractivity contribution >= 4 is 5.78 Å². The second-order valence-corrected chi connectivity index (χ2v) is 4.98. The molecule has 0 aromatic rings. The summed E-state index contributed by atoms with van der Waals surface area (Å²) in [5, 5.41) is 0. The van der Waals surface area contributed by atoms with E-state index < -0.39 is 0 Å². The normalized spacial score (nSPS) is 30.0. The maximum absolute atomic E-state index is 11.9. The van der Waals surface area contributed by atoms with Crippen molar-refractivity contribution in [1.82, 2.24) is 0 Å². The zero-order chi connectivity index (χ0) is 11.5. The number of ketones is 1. The molecule has 0 aromatic heterocycles. The minimum absolute atomic E-state index is 0.350. The van der Waals surface area contributed by atoms with E-state index in [0.717, 1.165) is 56.3 Å². The van der Waals surface area contributed by atoms with E-state index in [4.69, 9.17) is 4.74 Å². The van der Waals surface area contributed by atoms with Gasteiger partial charge in [0.15, 0.2) is 5.78 Å². The highest BCUT2D eigenvalue weighted by atomic mass is 16.5. The van der Waals surface area contributed by atoms with Gasteiger partial charge in [-0.2, -0.15) is 0 Å². The molecule has 90 valence electrons. The van der Waals surface area contributed by atoms with Crippen LogP contribution < -0.4 is 0 Å². The molecule has 2 aliphatic rings. The van der Waals surface area contributed by atoms with Crippen LogP contribution in [0.1, 0.15) is 58.8 Å². The van der Waals surface area contributed by atoms with Crippen molar-refractivity contribution < 1.29 is 9.53 Å². The van der Waals surface area contributed by atoms with Crippen molar-refractivity contribution in [1.29, 1.82) is 0 Å². The monoisotopic (exact) mass is 222 g/mol. The number of hydrogen-bond acceptors (Lipinski definition) is 2. The lowest BCUT2D eigenvalue weighted by atomic mass is 9.80. The van der Waals surface area contributed by atoms with Crippen molar-refractivity contribution in [2.24, 2.45) is 5.92 Å². The first-order valence-electron chi connectivity index (χ1n) is 6.69. The van der Waals surface area contributed by atoms with Crippen molar-refractivity contribution in [3.05, 3.63) is 11.3 Å². The standard InChI is InChI=1S/C14H22O2/c1-3-6-11-9-10(4-2)14-12(15)7-5-8-13(14)16-11/h10-11H,3-9H2,1-2H3. The number of allylic oxidation sites excluding steroid dienone is 2. The molecule has 1 aliphatic heterocycles. The molecule has 2 rings (SSSR count). The third-order valence-corrected chi connectivity index (χ3v) is 3.78. The molecule has 0 N–H and O–H groups in total. The summed E-state index contributed by atoms with van der Waals surface area (Å²) >= 11 is 0. The molecule has 2 atom stereocenters. The highest BCUT2D eigenvalue weighted by Crippen LogP contribution is 2.38. The first-order chi connectivity index (χ1) is 7.76. The van der Waals surface area contributed by atoms with E-state index in [0.29, 0.717) is 17.8 Å². The minimum atomic E-state index is 0.350. The van der Waals surface area contributed by atoms with Crippen LogP contribution in [0.2, 0.25) is 0 Å². The van der Waals surface area contributed by atoms with Crippen LogP contribution in [0.4, 0.5) is 0 Å². The Bertz CT molecular complexity index is 304. The second kappa shape index (κ2) is 5.03. The molecular weight excluding hydrogens is 200 g/mol. The summed E-state index contributed by atoms with van der Waals surface area (Å²) < 4.78 is 5.99. The first kappa shape index (κ1) is 11.7. The van der Waals surface area contributed by atoms with Gasteiger partial charge in [-0.1, -0.05) is 20.3 Å². The van der Waals surface area contributed by atoms with Gasteiger partial charge in [0, 0.05) is 18.4 Å². The summed E-state index contributed by atoms with van der Waals surface area (Å²) in [6.07, 6.45) is 7.48. The molecule has 2 heteroatoms. The number of carbonyl (C=O) groups is 1. The fraction of sp³-hybridized carbons (Fsp3) is 0.786. The van der Waals surface area contributed by atoms with Crippen LogP contribution in [-0.4, -0.2) is 11.9 Å². The Morgan fingerprint density at radius 2 is 2.12 bits per heavy atom. The van der Waals surface area contributed by atoms with Crippen molar-refractivity contribution in [2.45, 2.75) is 64.9 Å². The smallest absolute Gasteiger partial charge is 0.162 e. The van der Waals surface area contributed by atoms with Gasteiger partial charge in [-0.3, -0.25) is 4.79 Å². The van der Waals surface area contributed by atoms with Gasteiger partial charge in [0.1, 0.15) is 5.76 Å². The van der Waals surface area contributed by atoms with Crippen LogP contribution in [-0.2, 0) is 9.53 Å². The number of hydrogen-bond donors (Lipinski definition) is 0. The number of rotatable bonds is 3. The Kier molecular flexibility index (Phi) is 3.67. The van der Waals surface area contributed by atoms with E-state index in [-0.39, 0.29) is 0 Å². The molecule has 1 aliphatic carbocycles. The molecule has 2 nitrogen and oxygen atoms in total. The molecule has 2 unspecified atom stereocenters. The Balaban J connectivity index is 2.20. The van der Waals surface area contributed by atoms with Crippen LogP contribution in [0, 0.1) is 5.92 Å². The van der Waals surface area contributed by atoms with Gasteiger partial charge in [-0.05, 0) is 31.6 Å². The lowest BCUT2D eigenvalue weighted by molar-refractivity contribution is -0.118. The lowest BCUT2D eigenvalue weighted by Gasteiger charge is -2.35. The summed E-state index contributed by atoms with van der Waals surface area (Å²) in [6.45, 7) is 4.38. The highest BCUT2D eigenvalue weighted by Gasteiger charge is 2.34. The third kappa shape index (κ3) is 2.16. The number of Topliss-reactive ketones (excluding diaryl/α,β-unsaturated/α-hetero) is 1. The van der Waals surface area contributed by atoms with Gasteiger partial charge in [-0.15, -0.1) is 0 Å². The zero-order valence-electron chi connectivity index (χ0n) is 10.4. The quantitative estimate of drug-likeness (QED) is 0.729. The van der Waals surface area contributed by atoms with Gasteiger partial charge in [0.25, 0.3) is 0 Å². The van der Waals surface area contributed by atoms with E-state index >= 15 is 0 Å². The molecular formula is C14H22O2. The maximum atomic E-state index is 11.9. The van der Waals surface area contributed by atoms with E-state index in [1.54, 1.807) is 0 Å².